The van der Waals surface area contributed by atoms with Crippen molar-refractivity contribution in [1.82, 2.24) is 15.1 Å². The standard InChI is InChI=1S/C15H29N3O/c1-2-16-11-15(5-9-19-13-15)12-17-7-8-18-6-3-4-14(18)10-17/h14,16H,2-13H2,1H3. The van der Waals surface area contributed by atoms with Gasteiger partial charge in [-0.1, -0.05) is 6.92 Å². The maximum atomic E-state index is 5.71. The number of hydrogen-bond acceptors (Lipinski definition) is 4. The minimum atomic E-state index is 0.372. The second-order valence-corrected chi connectivity index (χ2v) is 6.65. The van der Waals surface area contributed by atoms with Gasteiger partial charge in [0.25, 0.3) is 0 Å². The SMILES string of the molecule is CCNCC1(CN2CCN3CCCC3C2)CCOC1. The molecular formula is C15H29N3O. The highest BCUT2D eigenvalue weighted by molar-refractivity contribution is 4.93. The van der Waals surface area contributed by atoms with E-state index in [4.69, 9.17) is 4.74 Å². The highest BCUT2D eigenvalue weighted by Gasteiger charge is 2.39. The van der Waals surface area contributed by atoms with E-state index in [0.717, 1.165) is 32.3 Å². The van der Waals surface area contributed by atoms with Crippen LogP contribution in [0.1, 0.15) is 26.2 Å². The van der Waals surface area contributed by atoms with Crippen molar-refractivity contribution in [2.75, 3.05) is 59.0 Å². The Bertz CT molecular complexity index is 291. The predicted octanol–water partition coefficient (Wildman–Crippen LogP) is 0.783. The van der Waals surface area contributed by atoms with Crippen molar-refractivity contribution in [2.24, 2.45) is 5.41 Å². The van der Waals surface area contributed by atoms with Gasteiger partial charge in [-0.15, -0.1) is 0 Å². The molecule has 2 unspecified atom stereocenters. The van der Waals surface area contributed by atoms with Crippen molar-refractivity contribution >= 4 is 0 Å². The lowest BCUT2D eigenvalue weighted by Gasteiger charge is -2.41. The Morgan fingerprint density at radius 2 is 2.26 bits per heavy atom. The van der Waals surface area contributed by atoms with E-state index in [1.165, 1.54) is 52.0 Å². The van der Waals surface area contributed by atoms with Crippen LogP contribution >= 0.6 is 0 Å². The smallest absolute Gasteiger partial charge is 0.0547 e. The van der Waals surface area contributed by atoms with Crippen LogP contribution in [0.3, 0.4) is 0 Å². The van der Waals surface area contributed by atoms with E-state index in [1.54, 1.807) is 0 Å². The van der Waals surface area contributed by atoms with E-state index in [-0.39, 0.29) is 0 Å². The molecular weight excluding hydrogens is 238 g/mol. The lowest BCUT2D eigenvalue weighted by atomic mass is 9.86. The van der Waals surface area contributed by atoms with Gasteiger partial charge in [-0.25, -0.2) is 0 Å². The van der Waals surface area contributed by atoms with Gasteiger partial charge in [0.2, 0.25) is 0 Å². The molecule has 3 saturated heterocycles. The Morgan fingerprint density at radius 3 is 3.05 bits per heavy atom. The van der Waals surface area contributed by atoms with Crippen molar-refractivity contribution < 1.29 is 4.74 Å². The zero-order valence-corrected chi connectivity index (χ0v) is 12.4. The normalized spacial score (nSPS) is 36.8. The predicted molar refractivity (Wildman–Crippen MR) is 77.4 cm³/mol. The molecule has 0 aromatic carbocycles. The molecule has 0 spiro atoms. The first kappa shape index (κ1) is 13.8. The average Bonchev–Trinajstić information content (AvgIpc) is 3.05. The van der Waals surface area contributed by atoms with Crippen molar-refractivity contribution in [1.29, 1.82) is 0 Å². The summed E-state index contributed by atoms with van der Waals surface area (Å²) >= 11 is 0. The van der Waals surface area contributed by atoms with Gasteiger partial charge in [0.05, 0.1) is 6.61 Å². The number of nitrogens with one attached hydrogen (secondary N) is 1. The Morgan fingerprint density at radius 1 is 1.32 bits per heavy atom. The molecule has 1 N–H and O–H groups in total. The quantitative estimate of drug-likeness (QED) is 0.797. The summed E-state index contributed by atoms with van der Waals surface area (Å²) in [7, 11) is 0. The third kappa shape index (κ3) is 3.13. The highest BCUT2D eigenvalue weighted by atomic mass is 16.5. The Labute approximate surface area is 117 Å². The molecule has 3 aliphatic heterocycles. The van der Waals surface area contributed by atoms with Gasteiger partial charge in [-0.3, -0.25) is 9.80 Å². The fourth-order valence-electron chi connectivity index (χ4n) is 4.03. The van der Waals surface area contributed by atoms with Crippen molar-refractivity contribution in [3.8, 4) is 0 Å². The van der Waals surface area contributed by atoms with Crippen LogP contribution in [-0.4, -0.2) is 74.9 Å². The highest BCUT2D eigenvalue weighted by Crippen LogP contribution is 2.31. The first-order valence-electron chi connectivity index (χ1n) is 8.06. The molecule has 3 fully saturated rings. The molecule has 0 saturated carbocycles. The molecule has 4 nitrogen and oxygen atoms in total. The Balaban J connectivity index is 1.56. The van der Waals surface area contributed by atoms with E-state index >= 15 is 0 Å². The van der Waals surface area contributed by atoms with Crippen LogP contribution in [0.15, 0.2) is 0 Å². The molecule has 0 aliphatic carbocycles. The summed E-state index contributed by atoms with van der Waals surface area (Å²) in [5.41, 5.74) is 0.372. The zero-order chi connectivity index (χ0) is 13.1. The molecule has 0 radical (unpaired) electrons. The summed E-state index contributed by atoms with van der Waals surface area (Å²) in [5, 5.41) is 3.55. The summed E-state index contributed by atoms with van der Waals surface area (Å²) in [6.07, 6.45) is 4.04. The summed E-state index contributed by atoms with van der Waals surface area (Å²) < 4.78 is 5.71. The monoisotopic (exact) mass is 267 g/mol. The van der Waals surface area contributed by atoms with Crippen molar-refractivity contribution in [3.05, 3.63) is 0 Å². The fourth-order valence-corrected chi connectivity index (χ4v) is 4.03. The van der Waals surface area contributed by atoms with Crippen LogP contribution < -0.4 is 5.32 Å². The second kappa shape index (κ2) is 6.08. The third-order valence-electron chi connectivity index (χ3n) is 5.17. The van der Waals surface area contributed by atoms with Gasteiger partial charge in [-0.05, 0) is 32.4 Å². The number of ether oxygens (including phenoxy) is 1. The third-order valence-corrected chi connectivity index (χ3v) is 5.17. The molecule has 0 aromatic rings. The lowest BCUT2D eigenvalue weighted by Crippen LogP contribution is -2.54. The first-order chi connectivity index (χ1) is 9.31. The van der Waals surface area contributed by atoms with Gasteiger partial charge < -0.3 is 10.1 Å². The molecule has 3 rings (SSSR count). The van der Waals surface area contributed by atoms with E-state index < -0.39 is 0 Å². The maximum absolute atomic E-state index is 5.71. The topological polar surface area (TPSA) is 27.7 Å². The molecule has 0 aromatic heterocycles. The fraction of sp³-hybridized carbons (Fsp3) is 1.00. The number of rotatable bonds is 5. The summed E-state index contributed by atoms with van der Waals surface area (Å²) in [5.74, 6) is 0. The second-order valence-electron chi connectivity index (χ2n) is 6.65. The first-order valence-corrected chi connectivity index (χ1v) is 8.06. The van der Waals surface area contributed by atoms with Crippen LogP contribution in [0, 0.1) is 5.41 Å². The van der Waals surface area contributed by atoms with Crippen LogP contribution in [0.25, 0.3) is 0 Å². The molecule has 19 heavy (non-hydrogen) atoms. The van der Waals surface area contributed by atoms with Gasteiger partial charge in [0, 0.05) is 50.8 Å². The van der Waals surface area contributed by atoms with Gasteiger partial charge >= 0.3 is 0 Å². The Hall–Kier alpha value is -0.160. The maximum Gasteiger partial charge on any atom is 0.0547 e. The van der Waals surface area contributed by atoms with Gasteiger partial charge in [0.1, 0.15) is 0 Å². The number of hydrogen-bond donors (Lipinski definition) is 1. The van der Waals surface area contributed by atoms with E-state index in [1.807, 2.05) is 0 Å². The zero-order valence-electron chi connectivity index (χ0n) is 12.4. The summed E-state index contributed by atoms with van der Waals surface area (Å²) in [4.78, 5) is 5.40. The van der Waals surface area contributed by atoms with Gasteiger partial charge in [-0.2, -0.15) is 0 Å². The average molecular weight is 267 g/mol. The minimum Gasteiger partial charge on any atom is -0.381 e. The molecule has 110 valence electrons. The molecule has 3 aliphatic rings. The van der Waals surface area contributed by atoms with Crippen LogP contribution in [0.4, 0.5) is 0 Å². The van der Waals surface area contributed by atoms with Crippen molar-refractivity contribution in [2.45, 2.75) is 32.2 Å². The molecule has 4 heteroatoms. The van der Waals surface area contributed by atoms with Crippen LogP contribution in [-0.2, 0) is 4.74 Å². The van der Waals surface area contributed by atoms with Crippen LogP contribution in [0.5, 0.6) is 0 Å². The number of fused-ring (bicyclic) bond motifs is 1. The van der Waals surface area contributed by atoms with E-state index in [0.29, 0.717) is 5.41 Å². The largest absolute Gasteiger partial charge is 0.381 e. The molecule has 2 atom stereocenters. The summed E-state index contributed by atoms with van der Waals surface area (Å²) in [6, 6.07) is 0.840. The summed E-state index contributed by atoms with van der Waals surface area (Å²) in [6.45, 7) is 12.7. The number of nitrogens with zero attached hydrogens (tertiary/aromatic N) is 2. The van der Waals surface area contributed by atoms with Crippen molar-refractivity contribution in [3.63, 3.8) is 0 Å². The Kier molecular flexibility index (Phi) is 4.42. The minimum absolute atomic E-state index is 0.372. The lowest BCUT2D eigenvalue weighted by molar-refractivity contribution is 0.0555. The van der Waals surface area contributed by atoms with E-state index in [9.17, 15) is 0 Å². The molecule has 0 bridgehead atoms. The molecule has 3 heterocycles. The van der Waals surface area contributed by atoms with E-state index in [2.05, 4.69) is 22.0 Å². The van der Waals surface area contributed by atoms with Gasteiger partial charge in [0.15, 0.2) is 0 Å². The molecule has 0 amide bonds. The van der Waals surface area contributed by atoms with Crippen LogP contribution in [0.2, 0.25) is 0 Å². The number of piperazine rings is 1.